The number of anilines is 1. The van der Waals surface area contributed by atoms with Crippen molar-refractivity contribution in [3.05, 3.63) is 29.6 Å². The van der Waals surface area contributed by atoms with Crippen LogP contribution in [0.1, 0.15) is 31.2 Å². The van der Waals surface area contributed by atoms with E-state index in [0.717, 1.165) is 18.4 Å². The Morgan fingerprint density at radius 1 is 1.32 bits per heavy atom. The van der Waals surface area contributed by atoms with Gasteiger partial charge in [-0.3, -0.25) is 9.69 Å². The molecule has 0 bridgehead atoms. The molecule has 1 aromatic rings. The van der Waals surface area contributed by atoms with Crippen LogP contribution in [0.15, 0.2) is 18.2 Å². The Labute approximate surface area is 148 Å². The zero-order chi connectivity index (χ0) is 18.0. The molecule has 2 aliphatic heterocycles. The van der Waals surface area contributed by atoms with Crippen LogP contribution in [-0.4, -0.2) is 60.9 Å². The minimum atomic E-state index is -0.800. The first kappa shape index (κ1) is 18.3. The molecule has 1 unspecified atom stereocenters. The largest absolute Gasteiger partial charge is 0.387 e. The topological polar surface area (TPSA) is 53.0 Å². The number of methoxy groups -OCH3 is 1. The van der Waals surface area contributed by atoms with Crippen LogP contribution in [0, 0.1) is 12.7 Å². The minimum Gasteiger partial charge on any atom is -0.387 e. The Hall–Kier alpha value is -1.50. The van der Waals surface area contributed by atoms with Crippen LogP contribution in [0.2, 0.25) is 0 Å². The zero-order valence-electron chi connectivity index (χ0n) is 15.0. The lowest BCUT2D eigenvalue weighted by Crippen LogP contribution is -2.57. The number of likely N-dealkylation sites (tertiary alicyclic amines) is 1. The average molecular weight is 350 g/mol. The number of ether oxygens (including phenoxy) is 1. The zero-order valence-corrected chi connectivity index (χ0v) is 15.0. The average Bonchev–Trinajstić information content (AvgIpc) is 2.59. The van der Waals surface area contributed by atoms with E-state index in [2.05, 4.69) is 4.90 Å². The summed E-state index contributed by atoms with van der Waals surface area (Å²) in [7, 11) is 1.59. The van der Waals surface area contributed by atoms with Crippen LogP contribution in [0.5, 0.6) is 0 Å². The van der Waals surface area contributed by atoms with Crippen LogP contribution >= 0.6 is 0 Å². The smallest absolute Gasteiger partial charge is 0.244 e. The third-order valence-corrected chi connectivity index (χ3v) is 5.39. The second-order valence-electron chi connectivity index (χ2n) is 7.30. The van der Waals surface area contributed by atoms with Gasteiger partial charge in [0.25, 0.3) is 0 Å². The van der Waals surface area contributed by atoms with Crippen LogP contribution in [-0.2, 0) is 9.53 Å². The first-order valence-electron chi connectivity index (χ1n) is 8.96. The number of carbonyl (C=O) groups excluding carboxylic acids is 1. The van der Waals surface area contributed by atoms with Crippen molar-refractivity contribution in [2.24, 2.45) is 0 Å². The van der Waals surface area contributed by atoms with Gasteiger partial charge in [-0.05, 0) is 50.3 Å². The molecule has 1 amide bonds. The maximum atomic E-state index is 14.2. The van der Waals surface area contributed by atoms with E-state index in [1.807, 2.05) is 6.92 Å². The molecular weight excluding hydrogens is 323 g/mol. The number of amides is 1. The Bertz CT molecular complexity index is 629. The van der Waals surface area contributed by atoms with Crippen LogP contribution in [0.25, 0.3) is 0 Å². The summed E-state index contributed by atoms with van der Waals surface area (Å²) >= 11 is 0. The van der Waals surface area contributed by atoms with E-state index in [-0.39, 0.29) is 17.8 Å². The highest BCUT2D eigenvalue weighted by Gasteiger charge is 2.39. The molecule has 1 N–H and O–H groups in total. The maximum absolute atomic E-state index is 14.2. The van der Waals surface area contributed by atoms with Crippen molar-refractivity contribution in [3.63, 3.8) is 0 Å². The maximum Gasteiger partial charge on any atom is 0.244 e. The molecule has 2 heterocycles. The summed E-state index contributed by atoms with van der Waals surface area (Å²) in [4.78, 5) is 16.7. The number of piperidine rings is 2. The lowest BCUT2D eigenvalue weighted by atomic mass is 9.90. The first-order chi connectivity index (χ1) is 11.9. The van der Waals surface area contributed by atoms with Gasteiger partial charge in [0.2, 0.25) is 5.91 Å². The highest BCUT2D eigenvalue weighted by molar-refractivity contribution is 5.98. The summed E-state index contributed by atoms with van der Waals surface area (Å²) in [5.41, 5.74) is 0.516. The molecule has 138 valence electrons. The molecule has 2 saturated heterocycles. The van der Waals surface area contributed by atoms with E-state index in [9.17, 15) is 14.3 Å². The van der Waals surface area contributed by atoms with Gasteiger partial charge < -0.3 is 14.7 Å². The summed E-state index contributed by atoms with van der Waals surface area (Å²) < 4.78 is 19.3. The second-order valence-corrected chi connectivity index (χ2v) is 7.30. The summed E-state index contributed by atoms with van der Waals surface area (Å²) in [5.74, 6) is -0.388. The molecule has 0 aliphatic carbocycles. The fourth-order valence-electron chi connectivity index (χ4n) is 3.93. The van der Waals surface area contributed by atoms with Gasteiger partial charge in [-0.2, -0.15) is 0 Å². The number of carbonyl (C=O) groups is 1. The van der Waals surface area contributed by atoms with E-state index in [0.29, 0.717) is 44.8 Å². The summed E-state index contributed by atoms with van der Waals surface area (Å²) in [6.45, 7) is 4.08. The lowest BCUT2D eigenvalue weighted by Gasteiger charge is -2.44. The normalized spacial score (nSPS) is 24.6. The minimum absolute atomic E-state index is 0.0343. The quantitative estimate of drug-likeness (QED) is 0.904. The third kappa shape index (κ3) is 3.86. The van der Waals surface area contributed by atoms with Crippen molar-refractivity contribution in [2.45, 2.75) is 44.2 Å². The first-order valence-corrected chi connectivity index (χ1v) is 8.96. The van der Waals surface area contributed by atoms with Gasteiger partial charge in [0.15, 0.2) is 0 Å². The number of halogens is 1. The number of aryl methyl sites for hydroxylation is 1. The SMILES string of the molecule is COCC1(O)CCN(C2CCCN(c3cc(C)ccc3F)C2=O)CC1. The van der Waals surface area contributed by atoms with E-state index >= 15 is 0 Å². The molecule has 3 rings (SSSR count). The van der Waals surface area contributed by atoms with Crippen LogP contribution in [0.4, 0.5) is 10.1 Å². The van der Waals surface area contributed by atoms with Crippen LogP contribution < -0.4 is 4.90 Å². The van der Waals surface area contributed by atoms with Gasteiger partial charge in [0, 0.05) is 26.7 Å². The molecule has 5 nitrogen and oxygen atoms in total. The molecule has 1 aromatic carbocycles. The van der Waals surface area contributed by atoms with Crippen molar-refractivity contribution in [1.29, 1.82) is 0 Å². The third-order valence-electron chi connectivity index (χ3n) is 5.39. The van der Waals surface area contributed by atoms with Gasteiger partial charge >= 0.3 is 0 Å². The number of aliphatic hydroxyl groups is 1. The van der Waals surface area contributed by atoms with E-state index in [4.69, 9.17) is 4.74 Å². The predicted octanol–water partition coefficient (Wildman–Crippen LogP) is 2.10. The van der Waals surface area contributed by atoms with Crippen molar-refractivity contribution in [3.8, 4) is 0 Å². The molecule has 2 aliphatic rings. The molecule has 25 heavy (non-hydrogen) atoms. The van der Waals surface area contributed by atoms with Gasteiger partial charge in [0.1, 0.15) is 5.82 Å². The standard InChI is InChI=1S/C19H27FN2O3/c1-14-5-6-15(20)17(12-14)22-9-3-4-16(18(22)23)21-10-7-19(24,8-11-21)13-25-2/h5-6,12,16,24H,3-4,7-11,13H2,1-2H3. The Balaban J connectivity index is 1.72. The van der Waals surface area contributed by atoms with Crippen molar-refractivity contribution >= 4 is 11.6 Å². The molecule has 0 spiro atoms. The van der Waals surface area contributed by atoms with Gasteiger partial charge in [-0.1, -0.05) is 6.07 Å². The summed E-state index contributed by atoms with van der Waals surface area (Å²) in [5, 5.41) is 10.5. The van der Waals surface area contributed by atoms with Crippen molar-refractivity contribution < 1.29 is 19.0 Å². The molecule has 0 aromatic heterocycles. The fraction of sp³-hybridized carbons (Fsp3) is 0.632. The highest BCUT2D eigenvalue weighted by Crippen LogP contribution is 2.30. The number of benzene rings is 1. The number of nitrogens with zero attached hydrogens (tertiary/aromatic N) is 2. The van der Waals surface area contributed by atoms with Gasteiger partial charge in [-0.25, -0.2) is 4.39 Å². The number of hydrogen-bond acceptors (Lipinski definition) is 4. The molecule has 0 saturated carbocycles. The molecule has 1 atom stereocenters. The lowest BCUT2D eigenvalue weighted by molar-refractivity contribution is -0.129. The van der Waals surface area contributed by atoms with E-state index < -0.39 is 5.60 Å². The van der Waals surface area contributed by atoms with E-state index in [1.165, 1.54) is 6.07 Å². The van der Waals surface area contributed by atoms with E-state index in [1.54, 1.807) is 24.1 Å². The van der Waals surface area contributed by atoms with Crippen molar-refractivity contribution in [2.75, 3.05) is 38.3 Å². The Morgan fingerprint density at radius 3 is 2.72 bits per heavy atom. The molecule has 0 radical (unpaired) electrons. The number of rotatable bonds is 4. The monoisotopic (exact) mass is 350 g/mol. The molecule has 2 fully saturated rings. The van der Waals surface area contributed by atoms with Crippen molar-refractivity contribution in [1.82, 2.24) is 4.90 Å². The molecule has 6 heteroatoms. The second kappa shape index (κ2) is 7.40. The summed E-state index contributed by atoms with van der Waals surface area (Å²) in [6.07, 6.45) is 2.81. The van der Waals surface area contributed by atoms with Crippen LogP contribution in [0.3, 0.4) is 0 Å². The number of hydrogen-bond donors (Lipinski definition) is 1. The fourth-order valence-corrected chi connectivity index (χ4v) is 3.93. The highest BCUT2D eigenvalue weighted by atomic mass is 19.1. The Morgan fingerprint density at radius 2 is 2.04 bits per heavy atom. The Kier molecular flexibility index (Phi) is 5.41. The molecular formula is C19H27FN2O3. The van der Waals surface area contributed by atoms with Gasteiger partial charge in [-0.15, -0.1) is 0 Å². The van der Waals surface area contributed by atoms with Gasteiger partial charge in [0.05, 0.1) is 23.9 Å². The predicted molar refractivity (Wildman–Crippen MR) is 94.1 cm³/mol. The summed E-state index contributed by atoms with van der Waals surface area (Å²) in [6, 6.07) is 4.64.